The predicted octanol–water partition coefficient (Wildman–Crippen LogP) is 4.63. The summed E-state index contributed by atoms with van der Waals surface area (Å²) in [5, 5.41) is 2.89. The number of likely N-dealkylation sites (tertiary alicyclic amines) is 1. The highest BCUT2D eigenvalue weighted by atomic mass is 16.5. The topological polar surface area (TPSA) is 61.9 Å². The number of piperidine rings is 1. The van der Waals surface area contributed by atoms with Crippen LogP contribution >= 0.6 is 0 Å². The third-order valence-corrected chi connectivity index (χ3v) is 7.49. The molecule has 0 spiro atoms. The van der Waals surface area contributed by atoms with Gasteiger partial charge in [-0.2, -0.15) is 0 Å². The Kier molecular flexibility index (Phi) is 6.59. The first-order valence-corrected chi connectivity index (χ1v) is 12.7. The molecule has 2 aliphatic heterocycles. The SMILES string of the molecule is CC(C)NC(=O)c1ccc(Oc2ccc3c(c2)CCN(C2CCN(C4CCC4)CC2)C3=O)cc1. The zero-order valence-electron chi connectivity index (χ0n) is 20.3. The lowest BCUT2D eigenvalue weighted by Gasteiger charge is -2.45. The third kappa shape index (κ3) is 4.83. The molecule has 2 amide bonds. The van der Waals surface area contributed by atoms with Crippen molar-refractivity contribution >= 4 is 11.8 Å². The van der Waals surface area contributed by atoms with Crippen LogP contribution < -0.4 is 10.1 Å². The minimum absolute atomic E-state index is 0.0906. The van der Waals surface area contributed by atoms with E-state index in [4.69, 9.17) is 4.74 Å². The van der Waals surface area contributed by atoms with Crippen molar-refractivity contribution in [3.05, 3.63) is 59.2 Å². The van der Waals surface area contributed by atoms with E-state index in [0.717, 1.165) is 56.1 Å². The molecule has 180 valence electrons. The molecule has 5 rings (SSSR count). The standard InChI is InChI=1S/C28H35N3O3/c1-19(2)29-27(32)20-6-8-24(9-7-20)34-25-10-11-26-21(18-25)12-17-31(28(26)33)23-13-15-30(16-14-23)22-4-3-5-22/h6-11,18-19,22-23H,3-5,12-17H2,1-2H3,(H,29,32). The zero-order valence-corrected chi connectivity index (χ0v) is 20.3. The molecule has 6 heteroatoms. The smallest absolute Gasteiger partial charge is 0.254 e. The molecule has 1 aliphatic carbocycles. The second-order valence-electron chi connectivity index (χ2n) is 10.2. The molecule has 3 aliphatic rings. The number of rotatable bonds is 6. The summed E-state index contributed by atoms with van der Waals surface area (Å²) in [7, 11) is 0. The summed E-state index contributed by atoms with van der Waals surface area (Å²) >= 11 is 0. The second kappa shape index (κ2) is 9.79. The monoisotopic (exact) mass is 461 g/mol. The van der Waals surface area contributed by atoms with Crippen molar-refractivity contribution in [1.82, 2.24) is 15.1 Å². The molecule has 34 heavy (non-hydrogen) atoms. The normalized spacial score (nSPS) is 19.6. The molecule has 0 atom stereocenters. The van der Waals surface area contributed by atoms with E-state index in [1.54, 1.807) is 24.3 Å². The number of carbonyl (C=O) groups is 2. The number of nitrogens with zero attached hydrogens (tertiary/aromatic N) is 2. The molecule has 2 fully saturated rings. The minimum atomic E-state index is -0.0906. The van der Waals surface area contributed by atoms with Crippen LogP contribution in [0.5, 0.6) is 11.5 Å². The van der Waals surface area contributed by atoms with Gasteiger partial charge in [-0.1, -0.05) is 6.42 Å². The molecule has 0 aromatic heterocycles. The summed E-state index contributed by atoms with van der Waals surface area (Å²) in [5.74, 6) is 1.46. The number of fused-ring (bicyclic) bond motifs is 1. The quantitative estimate of drug-likeness (QED) is 0.681. The van der Waals surface area contributed by atoms with Crippen LogP contribution in [0.15, 0.2) is 42.5 Å². The fourth-order valence-corrected chi connectivity index (χ4v) is 5.37. The summed E-state index contributed by atoms with van der Waals surface area (Å²) in [6.45, 7) is 6.90. The van der Waals surface area contributed by atoms with Crippen molar-refractivity contribution in [2.75, 3.05) is 19.6 Å². The Balaban J connectivity index is 1.20. The molecule has 2 aromatic carbocycles. The number of carbonyl (C=O) groups excluding carboxylic acids is 2. The summed E-state index contributed by atoms with van der Waals surface area (Å²) in [4.78, 5) is 30.2. The van der Waals surface area contributed by atoms with Crippen molar-refractivity contribution in [3.63, 3.8) is 0 Å². The highest BCUT2D eigenvalue weighted by Gasteiger charge is 2.34. The van der Waals surface area contributed by atoms with Gasteiger partial charge in [0.1, 0.15) is 11.5 Å². The molecule has 0 radical (unpaired) electrons. The molecular formula is C28H35N3O3. The largest absolute Gasteiger partial charge is 0.457 e. The van der Waals surface area contributed by atoms with Crippen LogP contribution in [0.4, 0.5) is 0 Å². The molecule has 2 heterocycles. The lowest BCUT2D eigenvalue weighted by molar-refractivity contribution is 0.0414. The first-order valence-electron chi connectivity index (χ1n) is 12.7. The summed E-state index contributed by atoms with van der Waals surface area (Å²) in [6.07, 6.45) is 7.10. The fraction of sp³-hybridized carbons (Fsp3) is 0.500. The number of nitrogens with one attached hydrogen (secondary N) is 1. The van der Waals surface area contributed by atoms with E-state index in [1.807, 2.05) is 32.0 Å². The molecular weight excluding hydrogens is 426 g/mol. The first kappa shape index (κ1) is 22.9. The van der Waals surface area contributed by atoms with Crippen LogP contribution in [-0.4, -0.2) is 59.4 Å². The van der Waals surface area contributed by atoms with Crippen LogP contribution in [0.25, 0.3) is 0 Å². The van der Waals surface area contributed by atoms with Crippen molar-refractivity contribution in [3.8, 4) is 11.5 Å². The van der Waals surface area contributed by atoms with E-state index in [9.17, 15) is 9.59 Å². The van der Waals surface area contributed by atoms with Gasteiger partial charge in [0.05, 0.1) is 0 Å². The minimum Gasteiger partial charge on any atom is -0.457 e. The molecule has 2 aromatic rings. The molecule has 0 bridgehead atoms. The van der Waals surface area contributed by atoms with E-state index in [1.165, 1.54) is 19.3 Å². The van der Waals surface area contributed by atoms with E-state index < -0.39 is 0 Å². The van der Waals surface area contributed by atoms with E-state index in [0.29, 0.717) is 23.1 Å². The number of hydrogen-bond acceptors (Lipinski definition) is 4. The summed E-state index contributed by atoms with van der Waals surface area (Å²) in [6, 6.07) is 14.2. The number of amides is 2. The van der Waals surface area contributed by atoms with Gasteiger partial charge in [-0.25, -0.2) is 0 Å². The van der Waals surface area contributed by atoms with Gasteiger partial charge in [0, 0.05) is 48.9 Å². The molecule has 1 saturated carbocycles. The van der Waals surface area contributed by atoms with Gasteiger partial charge in [0.2, 0.25) is 0 Å². The highest BCUT2D eigenvalue weighted by molar-refractivity contribution is 5.97. The average Bonchev–Trinajstić information content (AvgIpc) is 2.79. The van der Waals surface area contributed by atoms with Gasteiger partial charge in [-0.15, -0.1) is 0 Å². The lowest BCUT2D eigenvalue weighted by atomic mass is 9.88. The molecule has 0 unspecified atom stereocenters. The Bertz CT molecular complexity index is 1040. The van der Waals surface area contributed by atoms with Crippen LogP contribution in [-0.2, 0) is 6.42 Å². The van der Waals surface area contributed by atoms with Gasteiger partial charge in [-0.05, 0) is 94.0 Å². The van der Waals surface area contributed by atoms with E-state index in [-0.39, 0.29) is 17.9 Å². The Hall–Kier alpha value is -2.86. The lowest BCUT2D eigenvalue weighted by Crippen LogP contribution is -2.52. The van der Waals surface area contributed by atoms with Crippen molar-refractivity contribution in [2.45, 2.75) is 70.5 Å². The molecule has 6 nitrogen and oxygen atoms in total. The van der Waals surface area contributed by atoms with Gasteiger partial charge < -0.3 is 19.9 Å². The zero-order chi connectivity index (χ0) is 23.7. The number of benzene rings is 2. The first-order chi connectivity index (χ1) is 16.5. The maximum atomic E-state index is 13.3. The van der Waals surface area contributed by atoms with Crippen LogP contribution in [0, 0.1) is 0 Å². The maximum absolute atomic E-state index is 13.3. The van der Waals surface area contributed by atoms with Crippen molar-refractivity contribution < 1.29 is 14.3 Å². The van der Waals surface area contributed by atoms with Gasteiger partial charge in [0.25, 0.3) is 11.8 Å². The van der Waals surface area contributed by atoms with Crippen molar-refractivity contribution in [2.24, 2.45) is 0 Å². The number of ether oxygens (including phenoxy) is 1. The maximum Gasteiger partial charge on any atom is 0.254 e. The Labute approximate surface area is 202 Å². The summed E-state index contributed by atoms with van der Waals surface area (Å²) in [5.41, 5.74) is 2.47. The third-order valence-electron chi connectivity index (χ3n) is 7.49. The van der Waals surface area contributed by atoms with Crippen LogP contribution in [0.1, 0.15) is 72.2 Å². The van der Waals surface area contributed by atoms with Gasteiger partial charge in [0.15, 0.2) is 0 Å². The second-order valence-corrected chi connectivity index (χ2v) is 10.2. The highest BCUT2D eigenvalue weighted by Crippen LogP contribution is 2.32. The average molecular weight is 462 g/mol. The fourth-order valence-electron chi connectivity index (χ4n) is 5.37. The van der Waals surface area contributed by atoms with E-state index >= 15 is 0 Å². The Morgan fingerprint density at radius 3 is 2.29 bits per heavy atom. The van der Waals surface area contributed by atoms with Gasteiger partial charge in [-0.3, -0.25) is 9.59 Å². The molecule has 1 N–H and O–H groups in total. The van der Waals surface area contributed by atoms with Crippen molar-refractivity contribution in [1.29, 1.82) is 0 Å². The van der Waals surface area contributed by atoms with E-state index in [2.05, 4.69) is 15.1 Å². The Morgan fingerprint density at radius 1 is 0.941 bits per heavy atom. The summed E-state index contributed by atoms with van der Waals surface area (Å²) < 4.78 is 6.03. The molecule has 1 saturated heterocycles. The van der Waals surface area contributed by atoms with Crippen LogP contribution in [0.2, 0.25) is 0 Å². The van der Waals surface area contributed by atoms with Crippen LogP contribution in [0.3, 0.4) is 0 Å². The number of hydrogen-bond donors (Lipinski definition) is 1. The van der Waals surface area contributed by atoms with Gasteiger partial charge >= 0.3 is 0 Å². The Morgan fingerprint density at radius 2 is 1.65 bits per heavy atom. The predicted molar refractivity (Wildman–Crippen MR) is 133 cm³/mol.